The molecule has 1 saturated heterocycles. The van der Waals surface area contributed by atoms with Gasteiger partial charge in [0.2, 0.25) is 5.95 Å². The molecule has 0 amide bonds. The van der Waals surface area contributed by atoms with Gasteiger partial charge < -0.3 is 4.90 Å². The van der Waals surface area contributed by atoms with Crippen LogP contribution in [0, 0.1) is 11.7 Å². The summed E-state index contributed by atoms with van der Waals surface area (Å²) in [6, 6.07) is 3.64. The zero-order chi connectivity index (χ0) is 22.9. The first kappa shape index (κ1) is 22.9. The van der Waals surface area contributed by atoms with E-state index in [-0.39, 0.29) is 42.5 Å². The second kappa shape index (κ2) is 8.76. The maximum Gasteiger partial charge on any atom is 0.419 e. The summed E-state index contributed by atoms with van der Waals surface area (Å²) >= 11 is 0. The SMILES string of the molecule is CC(C)[C@@H](CC(=O)c1cc(=O)[nH]c(N2CC[C@H](F)C2)n1)c1ccc(C(F)(F)F)c(F)c1. The second-order valence-electron chi connectivity index (χ2n) is 8.00. The van der Waals surface area contributed by atoms with Crippen molar-refractivity contribution >= 4 is 11.7 Å². The molecule has 1 aliphatic heterocycles. The van der Waals surface area contributed by atoms with Crippen LogP contribution in [-0.4, -0.2) is 35.0 Å². The number of H-pyrrole nitrogens is 1. The number of carbonyl (C=O) groups excluding carboxylic acids is 1. The molecule has 1 aromatic carbocycles. The third kappa shape index (κ3) is 5.29. The van der Waals surface area contributed by atoms with Gasteiger partial charge in [0.15, 0.2) is 5.78 Å². The first-order valence-electron chi connectivity index (χ1n) is 9.86. The summed E-state index contributed by atoms with van der Waals surface area (Å²) < 4.78 is 66.0. The lowest BCUT2D eigenvalue weighted by Crippen LogP contribution is -2.27. The lowest BCUT2D eigenvalue weighted by Gasteiger charge is -2.22. The Morgan fingerprint density at radius 1 is 1.29 bits per heavy atom. The number of anilines is 1. The lowest BCUT2D eigenvalue weighted by atomic mass is 9.83. The first-order valence-corrected chi connectivity index (χ1v) is 9.86. The van der Waals surface area contributed by atoms with Crippen LogP contribution in [0.25, 0.3) is 0 Å². The molecule has 0 bridgehead atoms. The molecule has 1 aliphatic rings. The fraction of sp³-hybridized carbons (Fsp3) is 0.476. The van der Waals surface area contributed by atoms with Crippen molar-refractivity contribution in [3.63, 3.8) is 0 Å². The van der Waals surface area contributed by atoms with E-state index in [1.54, 1.807) is 13.8 Å². The quantitative estimate of drug-likeness (QED) is 0.528. The molecule has 2 atom stereocenters. The summed E-state index contributed by atoms with van der Waals surface area (Å²) in [5.74, 6) is -2.61. The third-order valence-corrected chi connectivity index (χ3v) is 5.38. The summed E-state index contributed by atoms with van der Waals surface area (Å²) in [5, 5.41) is 0. The standard InChI is InChI=1S/C21H22F5N3O2/c1-11(2)14(12-3-4-15(16(23)7-12)21(24,25)26)8-18(30)17-9-19(31)28-20(27-17)29-6-5-13(22)10-29/h3-4,7,9,11,13-14H,5-6,8,10H2,1-2H3,(H,27,28,31)/t13-,14+/m0/s1. The van der Waals surface area contributed by atoms with Crippen molar-refractivity contribution in [3.8, 4) is 0 Å². The fourth-order valence-electron chi connectivity index (χ4n) is 3.68. The van der Waals surface area contributed by atoms with Gasteiger partial charge in [0.1, 0.15) is 17.7 Å². The normalized spacial score (nSPS) is 17.9. The van der Waals surface area contributed by atoms with Crippen LogP contribution < -0.4 is 10.5 Å². The number of hydrogen-bond donors (Lipinski definition) is 1. The number of ketones is 1. The highest BCUT2D eigenvalue weighted by Crippen LogP contribution is 2.35. The molecular weight excluding hydrogens is 421 g/mol. The molecule has 1 fully saturated rings. The van der Waals surface area contributed by atoms with Gasteiger partial charge in [-0.3, -0.25) is 14.6 Å². The van der Waals surface area contributed by atoms with Gasteiger partial charge in [-0.25, -0.2) is 13.8 Å². The molecule has 2 heterocycles. The molecular formula is C21H22F5N3O2. The first-order chi connectivity index (χ1) is 14.5. The number of carbonyl (C=O) groups is 1. The van der Waals surface area contributed by atoms with Crippen molar-refractivity contribution in [2.24, 2.45) is 5.92 Å². The molecule has 0 radical (unpaired) electrons. The van der Waals surface area contributed by atoms with Crippen LogP contribution in [0.4, 0.5) is 27.9 Å². The van der Waals surface area contributed by atoms with E-state index in [0.29, 0.717) is 12.6 Å². The van der Waals surface area contributed by atoms with Gasteiger partial charge in [-0.1, -0.05) is 19.9 Å². The molecule has 3 rings (SSSR count). The lowest BCUT2D eigenvalue weighted by molar-refractivity contribution is -0.140. The van der Waals surface area contributed by atoms with Gasteiger partial charge >= 0.3 is 6.18 Å². The van der Waals surface area contributed by atoms with E-state index in [4.69, 9.17) is 0 Å². The van der Waals surface area contributed by atoms with Crippen molar-refractivity contribution in [1.29, 1.82) is 0 Å². The fourth-order valence-corrected chi connectivity index (χ4v) is 3.68. The molecule has 0 aliphatic carbocycles. The minimum absolute atomic E-state index is 0.0556. The average Bonchev–Trinajstić information content (AvgIpc) is 3.10. The van der Waals surface area contributed by atoms with E-state index in [1.165, 1.54) is 4.90 Å². The number of nitrogens with zero attached hydrogens (tertiary/aromatic N) is 2. The van der Waals surface area contributed by atoms with Gasteiger partial charge in [-0.05, 0) is 36.0 Å². The Balaban J connectivity index is 1.86. The van der Waals surface area contributed by atoms with Crippen molar-refractivity contribution in [2.45, 2.75) is 45.0 Å². The summed E-state index contributed by atoms with van der Waals surface area (Å²) in [7, 11) is 0. The van der Waals surface area contributed by atoms with Gasteiger partial charge in [-0.2, -0.15) is 13.2 Å². The van der Waals surface area contributed by atoms with Crippen LogP contribution >= 0.6 is 0 Å². The predicted octanol–water partition coefficient (Wildman–Crippen LogP) is 4.49. The molecule has 31 heavy (non-hydrogen) atoms. The van der Waals surface area contributed by atoms with E-state index >= 15 is 0 Å². The van der Waals surface area contributed by atoms with E-state index in [2.05, 4.69) is 9.97 Å². The van der Waals surface area contributed by atoms with Gasteiger partial charge in [0.05, 0.1) is 12.1 Å². The number of aromatic nitrogens is 2. The third-order valence-electron chi connectivity index (χ3n) is 5.38. The van der Waals surface area contributed by atoms with Crippen molar-refractivity contribution in [2.75, 3.05) is 18.0 Å². The number of rotatable bonds is 6. The van der Waals surface area contributed by atoms with E-state index < -0.39 is 41.0 Å². The smallest absolute Gasteiger partial charge is 0.339 e. The maximum atomic E-state index is 14.0. The van der Waals surface area contributed by atoms with Crippen molar-refractivity contribution in [1.82, 2.24) is 9.97 Å². The Morgan fingerprint density at radius 3 is 2.55 bits per heavy atom. The molecule has 1 N–H and O–H groups in total. The molecule has 10 heteroatoms. The van der Waals surface area contributed by atoms with Crippen LogP contribution in [-0.2, 0) is 6.18 Å². The van der Waals surface area contributed by atoms with Gasteiger partial charge in [0.25, 0.3) is 5.56 Å². The highest BCUT2D eigenvalue weighted by atomic mass is 19.4. The molecule has 5 nitrogen and oxygen atoms in total. The largest absolute Gasteiger partial charge is 0.419 e. The second-order valence-corrected chi connectivity index (χ2v) is 8.00. The van der Waals surface area contributed by atoms with Crippen LogP contribution in [0.5, 0.6) is 0 Å². The molecule has 2 aromatic rings. The number of halogens is 5. The monoisotopic (exact) mass is 443 g/mol. The van der Waals surface area contributed by atoms with E-state index in [0.717, 1.165) is 18.2 Å². The van der Waals surface area contributed by atoms with Gasteiger partial charge in [-0.15, -0.1) is 0 Å². The highest BCUT2D eigenvalue weighted by Gasteiger charge is 2.34. The molecule has 168 valence electrons. The average molecular weight is 443 g/mol. The Kier molecular flexibility index (Phi) is 6.47. The van der Waals surface area contributed by atoms with Crippen LogP contribution in [0.1, 0.15) is 54.2 Å². The Labute approximate surface area is 175 Å². The zero-order valence-electron chi connectivity index (χ0n) is 17.0. The highest BCUT2D eigenvalue weighted by molar-refractivity contribution is 5.95. The summed E-state index contributed by atoms with van der Waals surface area (Å²) in [4.78, 5) is 33.0. The van der Waals surface area contributed by atoms with Crippen molar-refractivity contribution in [3.05, 3.63) is 57.3 Å². The Bertz CT molecular complexity index is 1020. The van der Waals surface area contributed by atoms with Crippen LogP contribution in [0.2, 0.25) is 0 Å². The topological polar surface area (TPSA) is 66.1 Å². The Hall–Kier alpha value is -2.78. The van der Waals surface area contributed by atoms with Gasteiger partial charge in [0, 0.05) is 19.0 Å². The molecule has 0 unspecified atom stereocenters. The number of benzene rings is 1. The number of nitrogens with one attached hydrogen (secondary N) is 1. The number of aromatic amines is 1. The minimum Gasteiger partial charge on any atom is -0.339 e. The van der Waals surface area contributed by atoms with Crippen molar-refractivity contribution < 1.29 is 26.7 Å². The Morgan fingerprint density at radius 2 is 2.00 bits per heavy atom. The predicted molar refractivity (Wildman–Crippen MR) is 105 cm³/mol. The number of alkyl halides is 4. The summed E-state index contributed by atoms with van der Waals surface area (Å²) in [6.07, 6.45) is -5.75. The zero-order valence-corrected chi connectivity index (χ0v) is 17.0. The van der Waals surface area contributed by atoms with E-state index in [9.17, 15) is 31.5 Å². The molecule has 0 spiro atoms. The summed E-state index contributed by atoms with van der Waals surface area (Å²) in [5.41, 5.74) is -1.82. The molecule has 0 saturated carbocycles. The van der Waals surface area contributed by atoms with Crippen LogP contribution in [0.15, 0.2) is 29.1 Å². The van der Waals surface area contributed by atoms with Crippen LogP contribution in [0.3, 0.4) is 0 Å². The number of hydrogen-bond acceptors (Lipinski definition) is 4. The number of Topliss-reactive ketones (excluding diaryl/α,β-unsaturated/α-hetero) is 1. The summed E-state index contributed by atoms with van der Waals surface area (Å²) in [6.45, 7) is 3.92. The van der Waals surface area contributed by atoms with E-state index in [1.807, 2.05) is 0 Å². The maximum absolute atomic E-state index is 14.0. The molecule has 1 aromatic heterocycles. The minimum atomic E-state index is -4.81.